The molecule has 0 aromatic rings. The molecule has 1 amide bonds. The van der Waals surface area contributed by atoms with Crippen LogP contribution in [0, 0.1) is 11.8 Å². The molecule has 1 unspecified atom stereocenters. The highest BCUT2D eigenvalue weighted by Gasteiger charge is 2.34. The molecule has 4 nitrogen and oxygen atoms in total. The number of ketones is 1. The van der Waals surface area contributed by atoms with Crippen molar-refractivity contribution >= 4 is 11.7 Å². The fourth-order valence-electron chi connectivity index (χ4n) is 3.82. The maximum Gasteiger partial charge on any atom is 0.223 e. The molecule has 1 N–H and O–H groups in total. The van der Waals surface area contributed by atoms with Crippen LogP contribution in [-0.4, -0.2) is 42.3 Å². The number of nitrogens with zero attached hydrogens (tertiary/aromatic N) is 1. The number of hydrogen-bond donors (Lipinski definition) is 1. The minimum Gasteiger partial charge on any atom is -0.354 e. The molecule has 2 aliphatic rings. The number of carbonyl (C=O) groups excluding carboxylic acids is 2. The van der Waals surface area contributed by atoms with E-state index in [1.165, 1.54) is 12.8 Å². The molecule has 4 heteroatoms. The Labute approximate surface area is 122 Å². The van der Waals surface area contributed by atoms with Crippen LogP contribution in [0.15, 0.2) is 0 Å². The van der Waals surface area contributed by atoms with Gasteiger partial charge in [0.15, 0.2) is 0 Å². The Kier molecular flexibility index (Phi) is 5.58. The SMILES string of the molecule is CCN1CCC[C@H]1CNC(=O)[C@@H]1CCCCC1C(C)=O. The summed E-state index contributed by atoms with van der Waals surface area (Å²) in [7, 11) is 0. The summed E-state index contributed by atoms with van der Waals surface area (Å²) in [5, 5.41) is 3.11. The van der Waals surface area contributed by atoms with E-state index in [0.29, 0.717) is 6.04 Å². The van der Waals surface area contributed by atoms with E-state index in [2.05, 4.69) is 17.1 Å². The van der Waals surface area contributed by atoms with Crippen LogP contribution in [0.3, 0.4) is 0 Å². The number of nitrogens with one attached hydrogen (secondary N) is 1. The van der Waals surface area contributed by atoms with Gasteiger partial charge in [-0.1, -0.05) is 19.8 Å². The van der Waals surface area contributed by atoms with E-state index in [0.717, 1.165) is 45.3 Å². The molecule has 3 atom stereocenters. The van der Waals surface area contributed by atoms with Gasteiger partial charge in [0, 0.05) is 24.4 Å². The predicted molar refractivity (Wildman–Crippen MR) is 79.4 cm³/mol. The average molecular weight is 280 g/mol. The van der Waals surface area contributed by atoms with E-state index in [1.807, 2.05) is 0 Å². The third-order valence-corrected chi connectivity index (χ3v) is 5.04. The van der Waals surface area contributed by atoms with Gasteiger partial charge >= 0.3 is 0 Å². The zero-order valence-electron chi connectivity index (χ0n) is 12.9. The smallest absolute Gasteiger partial charge is 0.223 e. The molecular weight excluding hydrogens is 252 g/mol. The summed E-state index contributed by atoms with van der Waals surface area (Å²) >= 11 is 0. The van der Waals surface area contributed by atoms with Crippen LogP contribution in [0.1, 0.15) is 52.4 Å². The van der Waals surface area contributed by atoms with Crippen molar-refractivity contribution in [2.24, 2.45) is 11.8 Å². The summed E-state index contributed by atoms with van der Waals surface area (Å²) < 4.78 is 0. The van der Waals surface area contributed by atoms with Gasteiger partial charge in [-0.05, 0) is 45.7 Å². The highest BCUT2D eigenvalue weighted by molar-refractivity contribution is 5.87. The van der Waals surface area contributed by atoms with E-state index < -0.39 is 0 Å². The molecule has 1 aliphatic carbocycles. The van der Waals surface area contributed by atoms with E-state index in [-0.39, 0.29) is 23.5 Å². The number of carbonyl (C=O) groups is 2. The Bertz CT molecular complexity index is 356. The van der Waals surface area contributed by atoms with Gasteiger partial charge in [-0.15, -0.1) is 0 Å². The van der Waals surface area contributed by atoms with Crippen molar-refractivity contribution < 1.29 is 9.59 Å². The third kappa shape index (κ3) is 3.60. The van der Waals surface area contributed by atoms with Crippen LogP contribution < -0.4 is 5.32 Å². The molecule has 0 aromatic carbocycles. The van der Waals surface area contributed by atoms with Gasteiger partial charge in [0.1, 0.15) is 5.78 Å². The predicted octanol–water partition coefficient (Wildman–Crippen LogP) is 1.98. The Hall–Kier alpha value is -0.900. The van der Waals surface area contributed by atoms with Gasteiger partial charge in [0.25, 0.3) is 0 Å². The molecule has 0 aromatic heterocycles. The second kappa shape index (κ2) is 7.21. The van der Waals surface area contributed by atoms with Crippen molar-refractivity contribution in [3.8, 4) is 0 Å². The number of amides is 1. The Balaban J connectivity index is 1.85. The first-order valence-electron chi connectivity index (χ1n) is 8.15. The lowest BCUT2D eigenvalue weighted by Crippen LogP contribution is -2.44. The first kappa shape index (κ1) is 15.5. The van der Waals surface area contributed by atoms with Crippen molar-refractivity contribution in [2.45, 2.75) is 58.4 Å². The molecule has 0 bridgehead atoms. The maximum absolute atomic E-state index is 12.4. The number of rotatable bonds is 5. The van der Waals surface area contributed by atoms with Gasteiger partial charge in [-0.2, -0.15) is 0 Å². The van der Waals surface area contributed by atoms with Gasteiger partial charge in [-0.3, -0.25) is 14.5 Å². The largest absolute Gasteiger partial charge is 0.354 e. The van der Waals surface area contributed by atoms with Crippen LogP contribution in [0.5, 0.6) is 0 Å². The normalized spacial score (nSPS) is 31.2. The molecule has 2 rings (SSSR count). The van der Waals surface area contributed by atoms with Crippen molar-refractivity contribution in [3.63, 3.8) is 0 Å². The highest BCUT2D eigenvalue weighted by atomic mass is 16.2. The number of likely N-dealkylation sites (tertiary alicyclic amines) is 1. The van der Waals surface area contributed by atoms with Crippen LogP contribution in [0.4, 0.5) is 0 Å². The fourth-order valence-corrected chi connectivity index (χ4v) is 3.82. The molecular formula is C16H28N2O2. The summed E-state index contributed by atoms with van der Waals surface area (Å²) in [6.45, 7) is 6.75. The zero-order valence-corrected chi connectivity index (χ0v) is 12.9. The maximum atomic E-state index is 12.4. The summed E-state index contributed by atoms with van der Waals surface area (Å²) in [5.41, 5.74) is 0. The lowest BCUT2D eigenvalue weighted by atomic mass is 9.77. The monoisotopic (exact) mass is 280 g/mol. The van der Waals surface area contributed by atoms with Gasteiger partial charge in [-0.25, -0.2) is 0 Å². The first-order chi connectivity index (χ1) is 9.63. The van der Waals surface area contributed by atoms with Crippen LogP contribution in [0.25, 0.3) is 0 Å². The van der Waals surface area contributed by atoms with E-state index in [1.54, 1.807) is 6.92 Å². The fraction of sp³-hybridized carbons (Fsp3) is 0.875. The molecule has 2 fully saturated rings. The van der Waals surface area contributed by atoms with E-state index >= 15 is 0 Å². The first-order valence-corrected chi connectivity index (χ1v) is 8.15. The number of Topliss-reactive ketones (excluding diaryl/α,β-unsaturated/α-hetero) is 1. The Morgan fingerprint density at radius 1 is 1.10 bits per heavy atom. The molecule has 0 spiro atoms. The average Bonchev–Trinajstić information content (AvgIpc) is 2.92. The topological polar surface area (TPSA) is 49.4 Å². The van der Waals surface area contributed by atoms with Crippen molar-refractivity contribution in [2.75, 3.05) is 19.6 Å². The van der Waals surface area contributed by atoms with Crippen molar-refractivity contribution in [1.82, 2.24) is 10.2 Å². The van der Waals surface area contributed by atoms with Gasteiger partial charge in [0.05, 0.1) is 0 Å². The van der Waals surface area contributed by atoms with Crippen molar-refractivity contribution in [3.05, 3.63) is 0 Å². The van der Waals surface area contributed by atoms with Crippen LogP contribution in [-0.2, 0) is 9.59 Å². The lowest BCUT2D eigenvalue weighted by molar-refractivity contribution is -0.134. The number of likely N-dealkylation sites (N-methyl/N-ethyl adjacent to an activating group) is 1. The van der Waals surface area contributed by atoms with E-state index in [9.17, 15) is 9.59 Å². The quantitative estimate of drug-likeness (QED) is 0.838. The second-order valence-corrected chi connectivity index (χ2v) is 6.28. The summed E-state index contributed by atoms with van der Waals surface area (Å²) in [6.07, 6.45) is 6.33. The second-order valence-electron chi connectivity index (χ2n) is 6.28. The van der Waals surface area contributed by atoms with Crippen LogP contribution in [0.2, 0.25) is 0 Å². The standard InChI is InChI=1S/C16H28N2O2/c1-3-18-10-6-7-13(18)11-17-16(20)15-9-5-4-8-14(15)12(2)19/h13-15H,3-11H2,1-2H3,(H,17,20)/t13-,14?,15+/m0/s1. The Morgan fingerprint density at radius 2 is 1.80 bits per heavy atom. The molecule has 1 aliphatic heterocycles. The lowest BCUT2D eigenvalue weighted by Gasteiger charge is -2.30. The minimum absolute atomic E-state index is 0.0467. The molecule has 0 radical (unpaired) electrons. The highest BCUT2D eigenvalue weighted by Crippen LogP contribution is 2.31. The van der Waals surface area contributed by atoms with Crippen molar-refractivity contribution in [1.29, 1.82) is 0 Å². The summed E-state index contributed by atoms with van der Waals surface area (Å²) in [4.78, 5) is 26.5. The molecule has 1 saturated heterocycles. The summed E-state index contributed by atoms with van der Waals surface area (Å²) in [5.74, 6) is 0.154. The van der Waals surface area contributed by atoms with Gasteiger partial charge in [0.2, 0.25) is 5.91 Å². The zero-order chi connectivity index (χ0) is 14.5. The molecule has 1 saturated carbocycles. The van der Waals surface area contributed by atoms with Gasteiger partial charge < -0.3 is 5.32 Å². The molecule has 20 heavy (non-hydrogen) atoms. The number of hydrogen-bond acceptors (Lipinski definition) is 3. The third-order valence-electron chi connectivity index (χ3n) is 5.04. The minimum atomic E-state index is -0.0854. The molecule has 114 valence electrons. The molecule has 1 heterocycles. The summed E-state index contributed by atoms with van der Waals surface area (Å²) in [6, 6.07) is 0.489. The van der Waals surface area contributed by atoms with E-state index in [4.69, 9.17) is 0 Å². The van der Waals surface area contributed by atoms with Crippen LogP contribution >= 0.6 is 0 Å². The Morgan fingerprint density at radius 3 is 2.45 bits per heavy atom.